The van der Waals surface area contributed by atoms with Crippen molar-refractivity contribution in [1.29, 1.82) is 0 Å². The molecule has 0 unspecified atom stereocenters. The van der Waals surface area contributed by atoms with Crippen LogP contribution in [-0.4, -0.2) is 14.1 Å². The molecule has 0 amide bonds. The molecule has 0 fully saturated rings. The van der Waals surface area contributed by atoms with Crippen molar-refractivity contribution in [2.45, 2.75) is 0 Å². The molecule has 0 heterocycles. The molecule has 0 saturated heterocycles. The highest BCUT2D eigenvalue weighted by atomic mass is 15.1. The van der Waals surface area contributed by atoms with Gasteiger partial charge >= 0.3 is 0 Å². The molecule has 3 aromatic carbocycles. The van der Waals surface area contributed by atoms with Crippen molar-refractivity contribution in [3.8, 4) is 0 Å². The Morgan fingerprint density at radius 3 is 2.35 bits per heavy atom. The van der Waals surface area contributed by atoms with Crippen LogP contribution in [0.5, 0.6) is 0 Å². The van der Waals surface area contributed by atoms with Crippen LogP contribution in [0.1, 0.15) is 0 Å². The number of fused-ring (bicyclic) bond motifs is 2. The van der Waals surface area contributed by atoms with Crippen LogP contribution in [-0.2, 0) is 0 Å². The van der Waals surface area contributed by atoms with Crippen LogP contribution in [0.2, 0.25) is 0 Å². The Labute approximate surface area is 101 Å². The summed E-state index contributed by atoms with van der Waals surface area (Å²) in [4.78, 5) is 2.14. The van der Waals surface area contributed by atoms with Crippen LogP contribution >= 0.6 is 0 Å². The average Bonchev–Trinajstić information content (AvgIpc) is 2.35. The van der Waals surface area contributed by atoms with Crippen molar-refractivity contribution in [2.75, 3.05) is 19.0 Å². The predicted molar refractivity (Wildman–Crippen MR) is 74.6 cm³/mol. The topological polar surface area (TPSA) is 3.24 Å². The van der Waals surface area contributed by atoms with E-state index in [1.807, 2.05) is 6.07 Å². The number of benzene rings is 3. The zero-order chi connectivity index (χ0) is 11.8. The van der Waals surface area contributed by atoms with Crippen molar-refractivity contribution in [1.82, 2.24) is 0 Å². The van der Waals surface area contributed by atoms with E-state index in [4.69, 9.17) is 0 Å². The molecular formula is C16H14N. The van der Waals surface area contributed by atoms with Crippen molar-refractivity contribution in [2.24, 2.45) is 0 Å². The van der Waals surface area contributed by atoms with Crippen molar-refractivity contribution in [3.05, 3.63) is 54.6 Å². The molecule has 3 rings (SSSR count). The lowest BCUT2D eigenvalue weighted by molar-refractivity contribution is 1.14. The molecule has 83 valence electrons. The van der Waals surface area contributed by atoms with E-state index >= 15 is 0 Å². The van der Waals surface area contributed by atoms with Crippen LogP contribution in [0.25, 0.3) is 21.5 Å². The van der Waals surface area contributed by atoms with Gasteiger partial charge in [-0.2, -0.15) is 0 Å². The molecule has 0 N–H and O–H groups in total. The van der Waals surface area contributed by atoms with E-state index in [0.29, 0.717) is 0 Å². The molecule has 0 aliphatic rings. The Hall–Kier alpha value is -2.02. The van der Waals surface area contributed by atoms with E-state index < -0.39 is 0 Å². The summed E-state index contributed by atoms with van der Waals surface area (Å²) in [5.74, 6) is 0. The fourth-order valence-corrected chi connectivity index (χ4v) is 2.26. The summed E-state index contributed by atoms with van der Waals surface area (Å²) < 4.78 is 0. The normalized spacial score (nSPS) is 10.9. The van der Waals surface area contributed by atoms with Crippen LogP contribution in [0.4, 0.5) is 5.69 Å². The first kappa shape index (κ1) is 10.2. The second-order valence-electron chi connectivity index (χ2n) is 4.50. The molecule has 1 radical (unpaired) electrons. The number of nitrogens with zero attached hydrogens (tertiary/aromatic N) is 1. The lowest BCUT2D eigenvalue weighted by Gasteiger charge is -2.15. The fourth-order valence-electron chi connectivity index (χ4n) is 2.26. The van der Waals surface area contributed by atoms with E-state index in [2.05, 4.69) is 67.5 Å². The van der Waals surface area contributed by atoms with Gasteiger partial charge in [0.2, 0.25) is 0 Å². The first-order valence-electron chi connectivity index (χ1n) is 5.76. The minimum absolute atomic E-state index is 1.18. The van der Waals surface area contributed by atoms with E-state index in [0.717, 1.165) is 0 Å². The van der Waals surface area contributed by atoms with Gasteiger partial charge in [0.25, 0.3) is 0 Å². The third kappa shape index (κ3) is 1.64. The van der Waals surface area contributed by atoms with Gasteiger partial charge in [0.05, 0.1) is 0 Å². The molecular weight excluding hydrogens is 206 g/mol. The lowest BCUT2D eigenvalue weighted by atomic mass is 10.0. The van der Waals surface area contributed by atoms with Crippen molar-refractivity contribution >= 4 is 27.2 Å². The highest BCUT2D eigenvalue weighted by molar-refractivity contribution is 6.03. The average molecular weight is 220 g/mol. The Bertz CT molecular complexity index is 683. The smallest absolute Gasteiger partial charge is 0.0441 e. The molecule has 0 aliphatic carbocycles. The van der Waals surface area contributed by atoms with Gasteiger partial charge in [-0.1, -0.05) is 30.3 Å². The standard InChI is InChI=1S/C16H14N/c1-17(2)16-9-5-8-14-10-12-6-3-4-7-13(12)11-15(14)16/h3-7,9-11H,1-2H3. The molecule has 0 atom stereocenters. The zero-order valence-electron chi connectivity index (χ0n) is 10.1. The maximum absolute atomic E-state index is 3.31. The Morgan fingerprint density at radius 2 is 1.65 bits per heavy atom. The van der Waals surface area contributed by atoms with Gasteiger partial charge in [-0.05, 0) is 40.4 Å². The van der Waals surface area contributed by atoms with Gasteiger partial charge in [0.1, 0.15) is 0 Å². The van der Waals surface area contributed by atoms with Crippen molar-refractivity contribution < 1.29 is 0 Å². The molecule has 0 saturated carbocycles. The Kier molecular flexibility index (Phi) is 2.25. The summed E-state index contributed by atoms with van der Waals surface area (Å²) in [5, 5.41) is 4.99. The summed E-state index contributed by atoms with van der Waals surface area (Å²) in [6.07, 6.45) is 0. The highest BCUT2D eigenvalue weighted by Crippen LogP contribution is 2.29. The highest BCUT2D eigenvalue weighted by Gasteiger charge is 2.04. The number of hydrogen-bond acceptors (Lipinski definition) is 1. The van der Waals surface area contributed by atoms with Gasteiger partial charge in [0, 0.05) is 25.2 Å². The summed E-state index contributed by atoms with van der Waals surface area (Å²) >= 11 is 0. The van der Waals surface area contributed by atoms with Gasteiger partial charge < -0.3 is 4.90 Å². The second-order valence-corrected chi connectivity index (χ2v) is 4.50. The first-order valence-corrected chi connectivity index (χ1v) is 5.76. The summed E-state index contributed by atoms with van der Waals surface area (Å²) in [7, 11) is 4.15. The third-order valence-corrected chi connectivity index (χ3v) is 3.12. The molecule has 17 heavy (non-hydrogen) atoms. The summed E-state index contributed by atoms with van der Waals surface area (Å²) in [6, 6.07) is 20.3. The van der Waals surface area contributed by atoms with Crippen LogP contribution in [0, 0.1) is 6.07 Å². The minimum Gasteiger partial charge on any atom is -0.377 e. The molecule has 0 aromatic heterocycles. The number of anilines is 1. The fraction of sp³-hybridized carbons (Fsp3) is 0.125. The van der Waals surface area contributed by atoms with Crippen LogP contribution < -0.4 is 4.90 Å². The van der Waals surface area contributed by atoms with E-state index in [1.165, 1.54) is 27.2 Å². The van der Waals surface area contributed by atoms with Crippen LogP contribution in [0.3, 0.4) is 0 Å². The quantitative estimate of drug-likeness (QED) is 0.563. The Morgan fingerprint density at radius 1 is 0.941 bits per heavy atom. The van der Waals surface area contributed by atoms with E-state index in [-0.39, 0.29) is 0 Å². The number of rotatable bonds is 1. The molecule has 0 bridgehead atoms. The molecule has 1 heteroatoms. The predicted octanol–water partition coefficient (Wildman–Crippen LogP) is 3.86. The number of hydrogen-bond donors (Lipinski definition) is 0. The maximum Gasteiger partial charge on any atom is 0.0441 e. The van der Waals surface area contributed by atoms with Gasteiger partial charge in [-0.3, -0.25) is 0 Å². The zero-order valence-corrected chi connectivity index (χ0v) is 10.1. The van der Waals surface area contributed by atoms with Gasteiger partial charge in [-0.25, -0.2) is 0 Å². The van der Waals surface area contributed by atoms with E-state index in [1.54, 1.807) is 0 Å². The van der Waals surface area contributed by atoms with Crippen molar-refractivity contribution in [3.63, 3.8) is 0 Å². The van der Waals surface area contributed by atoms with Gasteiger partial charge in [0.15, 0.2) is 0 Å². The SMILES string of the molecule is CN(C)c1cc[c]c2cc3ccccc3cc12. The lowest BCUT2D eigenvalue weighted by Crippen LogP contribution is -2.08. The second kappa shape index (κ2) is 3.77. The maximum atomic E-state index is 3.31. The third-order valence-electron chi connectivity index (χ3n) is 3.12. The summed E-state index contributed by atoms with van der Waals surface area (Å²) in [6.45, 7) is 0. The van der Waals surface area contributed by atoms with Gasteiger partial charge in [-0.15, -0.1) is 0 Å². The molecule has 1 nitrogen and oxygen atoms in total. The van der Waals surface area contributed by atoms with Crippen LogP contribution in [0.15, 0.2) is 48.5 Å². The summed E-state index contributed by atoms with van der Waals surface area (Å²) in [5.41, 5.74) is 1.24. The largest absolute Gasteiger partial charge is 0.377 e. The Balaban J connectivity index is 2.43. The molecule has 3 aromatic rings. The molecule has 0 aliphatic heterocycles. The molecule has 0 spiro atoms. The minimum atomic E-state index is 1.18. The monoisotopic (exact) mass is 220 g/mol. The first-order chi connectivity index (χ1) is 8.25. The van der Waals surface area contributed by atoms with E-state index in [9.17, 15) is 0 Å².